The number of benzene rings is 1. The number of imidazole rings is 1. The molecule has 0 unspecified atom stereocenters. The zero-order valence-electron chi connectivity index (χ0n) is 26.0. The van der Waals surface area contributed by atoms with Crippen molar-refractivity contribution >= 4 is 28.8 Å². The number of aliphatic hydroxyl groups excluding tert-OH is 4. The minimum atomic E-state index is -1.54. The molecule has 1 saturated heterocycles. The van der Waals surface area contributed by atoms with Crippen molar-refractivity contribution in [1.82, 2.24) is 29.8 Å². The van der Waals surface area contributed by atoms with E-state index in [9.17, 15) is 25.2 Å². The molecule has 1 amide bonds. The molecule has 3 aromatic heterocycles. The second-order valence-electron chi connectivity index (χ2n) is 11.6. The third kappa shape index (κ3) is 7.95. The van der Waals surface area contributed by atoms with Crippen LogP contribution in [0.1, 0.15) is 51.1 Å². The third-order valence-electron chi connectivity index (χ3n) is 7.91. The zero-order chi connectivity index (χ0) is 32.6. The summed E-state index contributed by atoms with van der Waals surface area (Å²) in [5.41, 5.74) is 4.47. The normalized spacial score (nSPS) is 21.4. The molecule has 14 heteroatoms. The Kier molecular flexibility index (Phi) is 11.1. The van der Waals surface area contributed by atoms with Gasteiger partial charge in [0, 0.05) is 37.3 Å². The van der Waals surface area contributed by atoms with Gasteiger partial charge < -0.3 is 45.7 Å². The second-order valence-corrected chi connectivity index (χ2v) is 11.6. The lowest BCUT2D eigenvalue weighted by molar-refractivity contribution is -0.236. The minimum Gasteiger partial charge on any atom is -0.394 e. The van der Waals surface area contributed by atoms with Crippen molar-refractivity contribution in [3.05, 3.63) is 60.6 Å². The highest BCUT2D eigenvalue weighted by atomic mass is 16.6. The number of fused-ring (bicyclic) bond motifs is 1. The summed E-state index contributed by atoms with van der Waals surface area (Å²) in [5.74, 6) is 0.740. The maximum absolute atomic E-state index is 12.4. The molecule has 5 rings (SSSR count). The van der Waals surface area contributed by atoms with E-state index in [0.29, 0.717) is 36.8 Å². The zero-order valence-corrected chi connectivity index (χ0v) is 26.0. The number of hydrogen-bond donors (Lipinski definition) is 7. The predicted molar refractivity (Wildman–Crippen MR) is 172 cm³/mol. The van der Waals surface area contributed by atoms with Crippen LogP contribution >= 0.6 is 0 Å². The molecule has 246 valence electrons. The van der Waals surface area contributed by atoms with Crippen LogP contribution in [0.5, 0.6) is 0 Å². The first kappa shape index (κ1) is 33.2. The Morgan fingerprint density at radius 3 is 2.48 bits per heavy atom. The number of unbranched alkanes of at least 4 members (excludes halogenated alkanes) is 2. The molecule has 1 aliphatic rings. The molecule has 0 radical (unpaired) electrons. The number of pyridine rings is 1. The van der Waals surface area contributed by atoms with E-state index in [2.05, 4.69) is 51.9 Å². The average molecular weight is 635 g/mol. The molecule has 1 aliphatic heterocycles. The van der Waals surface area contributed by atoms with E-state index in [1.807, 2.05) is 34.9 Å². The largest absolute Gasteiger partial charge is 0.394 e. The molecule has 7 N–H and O–H groups in total. The van der Waals surface area contributed by atoms with Gasteiger partial charge in [-0.3, -0.25) is 9.78 Å². The number of carbonyl (C=O) groups excluding carboxylic acids is 1. The number of amides is 1. The Labute approximate surface area is 266 Å². The van der Waals surface area contributed by atoms with Gasteiger partial charge in [-0.05, 0) is 44.4 Å². The summed E-state index contributed by atoms with van der Waals surface area (Å²) < 4.78 is 7.34. The lowest BCUT2D eigenvalue weighted by Gasteiger charge is -2.40. The van der Waals surface area contributed by atoms with Gasteiger partial charge in [-0.2, -0.15) is 9.97 Å². The predicted octanol–water partition coefficient (Wildman–Crippen LogP) is 1.97. The van der Waals surface area contributed by atoms with Crippen molar-refractivity contribution in [3.8, 4) is 11.3 Å². The van der Waals surface area contributed by atoms with Crippen LogP contribution < -0.4 is 16.0 Å². The number of carbonyl (C=O) groups is 1. The third-order valence-corrected chi connectivity index (χ3v) is 7.91. The maximum Gasteiger partial charge on any atom is 0.226 e. The van der Waals surface area contributed by atoms with E-state index >= 15 is 0 Å². The molecule has 5 atom stereocenters. The van der Waals surface area contributed by atoms with Crippen LogP contribution in [0.3, 0.4) is 0 Å². The first-order valence-corrected chi connectivity index (χ1v) is 15.6. The van der Waals surface area contributed by atoms with Crippen molar-refractivity contribution in [3.63, 3.8) is 0 Å². The SMILES string of the molecule is CC(C)n1cnc2c(NCc3ccc(-c4ccccn4)cc3)nc(NCCCCCC(=O)N[C@H]3O[C@H](CO)[C@@H](O)[C@H](O)[C@H]3O)nc21. The molecule has 4 aromatic rings. The summed E-state index contributed by atoms with van der Waals surface area (Å²) in [5, 5.41) is 48.5. The molecule has 0 bridgehead atoms. The lowest BCUT2D eigenvalue weighted by atomic mass is 9.98. The molecular weight excluding hydrogens is 592 g/mol. The summed E-state index contributed by atoms with van der Waals surface area (Å²) in [6.07, 6.45) is -1.00. The minimum absolute atomic E-state index is 0.161. The molecule has 1 fully saturated rings. The highest BCUT2D eigenvalue weighted by molar-refractivity contribution is 5.84. The van der Waals surface area contributed by atoms with Gasteiger partial charge in [-0.25, -0.2) is 4.98 Å². The van der Waals surface area contributed by atoms with Crippen LogP contribution in [0, 0.1) is 0 Å². The molecule has 0 aliphatic carbocycles. The highest BCUT2D eigenvalue weighted by Crippen LogP contribution is 2.25. The Morgan fingerprint density at radius 1 is 0.957 bits per heavy atom. The van der Waals surface area contributed by atoms with Crippen LogP contribution in [0.4, 0.5) is 11.8 Å². The van der Waals surface area contributed by atoms with Gasteiger partial charge in [0.1, 0.15) is 24.4 Å². The number of nitrogens with zero attached hydrogens (tertiary/aromatic N) is 5. The quantitative estimate of drug-likeness (QED) is 0.0997. The molecule has 0 spiro atoms. The topological polar surface area (TPSA) is 200 Å². The van der Waals surface area contributed by atoms with E-state index in [-0.39, 0.29) is 18.4 Å². The Morgan fingerprint density at radius 2 is 1.76 bits per heavy atom. The Bertz CT molecular complexity index is 1570. The van der Waals surface area contributed by atoms with Gasteiger partial charge in [-0.1, -0.05) is 36.8 Å². The molecule has 1 aromatic carbocycles. The van der Waals surface area contributed by atoms with Gasteiger partial charge in [0.15, 0.2) is 23.2 Å². The lowest BCUT2D eigenvalue weighted by Crippen LogP contribution is -2.63. The van der Waals surface area contributed by atoms with Gasteiger partial charge in [0.05, 0.1) is 18.6 Å². The van der Waals surface area contributed by atoms with Crippen LogP contribution in [0.15, 0.2) is 55.0 Å². The monoisotopic (exact) mass is 634 g/mol. The summed E-state index contributed by atoms with van der Waals surface area (Å²) in [4.78, 5) is 30.9. The summed E-state index contributed by atoms with van der Waals surface area (Å²) in [6.45, 7) is 4.72. The number of aromatic nitrogens is 5. The van der Waals surface area contributed by atoms with Crippen molar-refractivity contribution in [2.75, 3.05) is 23.8 Å². The van der Waals surface area contributed by atoms with Crippen LogP contribution in [0.2, 0.25) is 0 Å². The van der Waals surface area contributed by atoms with E-state index in [1.165, 1.54) is 0 Å². The highest BCUT2D eigenvalue weighted by Gasteiger charge is 2.43. The summed E-state index contributed by atoms with van der Waals surface area (Å²) in [6, 6.07) is 14.2. The molecule has 4 heterocycles. The molecule has 14 nitrogen and oxygen atoms in total. The summed E-state index contributed by atoms with van der Waals surface area (Å²) in [7, 11) is 0. The first-order valence-electron chi connectivity index (χ1n) is 15.6. The van der Waals surface area contributed by atoms with Crippen LogP contribution in [-0.4, -0.2) is 94.6 Å². The van der Waals surface area contributed by atoms with Gasteiger partial charge in [0.25, 0.3) is 0 Å². The fraction of sp³-hybridized carbons (Fsp3) is 0.469. The Balaban J connectivity index is 1.13. The number of hydrogen-bond acceptors (Lipinski definition) is 12. The van der Waals surface area contributed by atoms with Gasteiger partial charge >= 0.3 is 0 Å². The number of ether oxygens (including phenoxy) is 1. The smallest absolute Gasteiger partial charge is 0.226 e. The number of aliphatic hydroxyl groups is 4. The molecule has 0 saturated carbocycles. The van der Waals surface area contributed by atoms with Gasteiger partial charge in [-0.15, -0.1) is 0 Å². The average Bonchev–Trinajstić information content (AvgIpc) is 3.51. The standard InChI is InChI=1S/C32H42N8O6/c1-19(2)40-18-36-25-29(35-16-20-10-12-21(13-11-20)22-8-5-7-14-33-22)38-32(39-30(25)40)34-15-6-3-4-9-24(42)37-31-28(45)27(44)26(43)23(17-41)46-31/h5,7-8,10-14,18-19,23,26-28,31,41,43-45H,3-4,6,9,15-17H2,1-2H3,(H,37,42)(H2,34,35,38,39)/t23-,26-,27+,28-,31+/m1/s1. The van der Waals surface area contributed by atoms with Crippen molar-refractivity contribution < 1.29 is 30.0 Å². The fourth-order valence-corrected chi connectivity index (χ4v) is 5.25. The van der Waals surface area contributed by atoms with Crippen LogP contribution in [-0.2, 0) is 16.1 Å². The summed E-state index contributed by atoms with van der Waals surface area (Å²) >= 11 is 0. The molecule has 46 heavy (non-hydrogen) atoms. The first-order chi connectivity index (χ1) is 22.2. The van der Waals surface area contributed by atoms with E-state index in [1.54, 1.807) is 12.5 Å². The van der Waals surface area contributed by atoms with E-state index < -0.39 is 37.3 Å². The van der Waals surface area contributed by atoms with Gasteiger partial charge in [0.2, 0.25) is 11.9 Å². The van der Waals surface area contributed by atoms with E-state index in [0.717, 1.165) is 35.3 Å². The Hall–Kier alpha value is -4.21. The molecular formula is C32H42N8O6. The van der Waals surface area contributed by atoms with Crippen LogP contribution in [0.25, 0.3) is 22.4 Å². The van der Waals surface area contributed by atoms with Crippen molar-refractivity contribution in [2.45, 2.75) is 82.8 Å². The maximum atomic E-state index is 12.4. The van der Waals surface area contributed by atoms with Crippen molar-refractivity contribution in [1.29, 1.82) is 0 Å². The van der Waals surface area contributed by atoms with Crippen molar-refractivity contribution in [2.24, 2.45) is 0 Å². The van der Waals surface area contributed by atoms with E-state index in [4.69, 9.17) is 14.7 Å². The number of anilines is 2. The number of rotatable bonds is 14. The second kappa shape index (κ2) is 15.4. The number of nitrogens with one attached hydrogen (secondary N) is 3. The fourth-order valence-electron chi connectivity index (χ4n) is 5.25.